The van der Waals surface area contributed by atoms with E-state index in [0.717, 1.165) is 42.1 Å². The molecule has 2 amide bonds. The number of fused-ring (bicyclic) bond motifs is 1. The molecule has 2 aromatic heterocycles. The number of hydrogen-bond acceptors (Lipinski definition) is 4. The second-order valence-electron chi connectivity index (χ2n) is 7.71. The number of para-hydroxylation sites is 1. The van der Waals surface area contributed by atoms with Crippen LogP contribution in [-0.4, -0.2) is 22.4 Å². The highest BCUT2D eigenvalue weighted by Crippen LogP contribution is 2.24. The SMILES string of the molecule is N#CC(=Cc1cn(CC(=O)NCc2ccco2)c2ccccc12)C(=O)NC1CCCC1. The van der Waals surface area contributed by atoms with Gasteiger partial charge in [0.1, 0.15) is 23.9 Å². The third-order valence-electron chi connectivity index (χ3n) is 5.53. The zero-order valence-electron chi connectivity index (χ0n) is 17.1. The van der Waals surface area contributed by atoms with Gasteiger partial charge in [0.05, 0.1) is 12.8 Å². The van der Waals surface area contributed by atoms with Crippen molar-refractivity contribution < 1.29 is 14.0 Å². The molecule has 7 heteroatoms. The highest BCUT2D eigenvalue weighted by atomic mass is 16.3. The van der Waals surface area contributed by atoms with Gasteiger partial charge < -0.3 is 19.6 Å². The minimum Gasteiger partial charge on any atom is -0.467 e. The van der Waals surface area contributed by atoms with E-state index < -0.39 is 0 Å². The van der Waals surface area contributed by atoms with Gasteiger partial charge >= 0.3 is 0 Å². The van der Waals surface area contributed by atoms with E-state index in [2.05, 4.69) is 10.6 Å². The number of carbonyl (C=O) groups is 2. The number of rotatable bonds is 7. The molecule has 0 atom stereocenters. The largest absolute Gasteiger partial charge is 0.467 e. The molecule has 0 aliphatic heterocycles. The van der Waals surface area contributed by atoms with Crippen LogP contribution in [0.3, 0.4) is 0 Å². The van der Waals surface area contributed by atoms with Crippen molar-refractivity contribution in [1.29, 1.82) is 5.26 Å². The van der Waals surface area contributed by atoms with Gasteiger partial charge in [-0.25, -0.2) is 0 Å². The molecule has 3 aromatic rings. The lowest BCUT2D eigenvalue weighted by Crippen LogP contribution is -2.33. The molecule has 1 fully saturated rings. The van der Waals surface area contributed by atoms with Crippen LogP contribution < -0.4 is 10.6 Å². The first kappa shape index (κ1) is 20.5. The topological polar surface area (TPSA) is 100 Å². The van der Waals surface area contributed by atoms with Crippen LogP contribution in [0, 0.1) is 11.3 Å². The summed E-state index contributed by atoms with van der Waals surface area (Å²) < 4.78 is 7.06. The molecule has 2 heterocycles. The lowest BCUT2D eigenvalue weighted by molar-refractivity contribution is -0.122. The van der Waals surface area contributed by atoms with Gasteiger partial charge in [-0.1, -0.05) is 31.0 Å². The molecule has 1 saturated carbocycles. The van der Waals surface area contributed by atoms with Crippen LogP contribution in [0.4, 0.5) is 0 Å². The summed E-state index contributed by atoms with van der Waals surface area (Å²) >= 11 is 0. The van der Waals surface area contributed by atoms with Crippen molar-refractivity contribution in [2.45, 2.75) is 44.8 Å². The van der Waals surface area contributed by atoms with E-state index in [1.54, 1.807) is 30.7 Å². The summed E-state index contributed by atoms with van der Waals surface area (Å²) in [6.45, 7) is 0.433. The Morgan fingerprint density at radius 1 is 1.19 bits per heavy atom. The van der Waals surface area contributed by atoms with Crippen LogP contribution in [0.2, 0.25) is 0 Å². The van der Waals surface area contributed by atoms with Crippen LogP contribution in [0.1, 0.15) is 37.0 Å². The second-order valence-corrected chi connectivity index (χ2v) is 7.71. The summed E-state index contributed by atoms with van der Waals surface area (Å²) in [5.74, 6) is 0.177. The molecule has 158 valence electrons. The molecule has 0 spiro atoms. The van der Waals surface area contributed by atoms with Crippen molar-refractivity contribution in [3.63, 3.8) is 0 Å². The molecular weight excluding hydrogens is 392 g/mol. The normalized spacial score (nSPS) is 14.5. The summed E-state index contributed by atoms with van der Waals surface area (Å²) in [5, 5.41) is 16.2. The maximum atomic E-state index is 12.6. The number of benzene rings is 1. The summed E-state index contributed by atoms with van der Waals surface area (Å²) in [6.07, 6.45) is 9.09. The fourth-order valence-electron chi connectivity index (χ4n) is 3.97. The van der Waals surface area contributed by atoms with E-state index in [0.29, 0.717) is 12.3 Å². The third-order valence-corrected chi connectivity index (χ3v) is 5.53. The molecule has 0 unspecified atom stereocenters. The van der Waals surface area contributed by atoms with Crippen molar-refractivity contribution in [3.05, 3.63) is 65.8 Å². The Bertz CT molecular complexity index is 1150. The smallest absolute Gasteiger partial charge is 0.262 e. The van der Waals surface area contributed by atoms with Gasteiger partial charge in [-0.3, -0.25) is 9.59 Å². The Balaban J connectivity index is 1.53. The van der Waals surface area contributed by atoms with Crippen molar-refractivity contribution >= 4 is 28.8 Å². The number of hydrogen-bond donors (Lipinski definition) is 2. The fraction of sp³-hybridized carbons (Fsp3) is 0.292. The van der Waals surface area contributed by atoms with Gasteiger partial charge in [0.15, 0.2) is 0 Å². The molecule has 4 rings (SSSR count). The van der Waals surface area contributed by atoms with Gasteiger partial charge in [0, 0.05) is 28.7 Å². The molecule has 7 nitrogen and oxygen atoms in total. The number of nitrogens with zero attached hydrogens (tertiary/aromatic N) is 2. The van der Waals surface area contributed by atoms with E-state index >= 15 is 0 Å². The van der Waals surface area contributed by atoms with E-state index in [1.807, 2.05) is 34.9 Å². The van der Waals surface area contributed by atoms with Gasteiger partial charge in [-0.05, 0) is 37.1 Å². The van der Waals surface area contributed by atoms with Crippen LogP contribution in [0.15, 0.2) is 58.8 Å². The van der Waals surface area contributed by atoms with E-state index in [-0.39, 0.29) is 30.0 Å². The molecule has 0 bridgehead atoms. The highest BCUT2D eigenvalue weighted by Gasteiger charge is 2.20. The molecule has 2 N–H and O–H groups in total. The second kappa shape index (κ2) is 9.35. The molecule has 1 aliphatic carbocycles. The number of nitriles is 1. The van der Waals surface area contributed by atoms with Crippen molar-refractivity contribution in [1.82, 2.24) is 15.2 Å². The van der Waals surface area contributed by atoms with Crippen LogP contribution in [-0.2, 0) is 22.7 Å². The molecule has 1 aromatic carbocycles. The standard InChI is InChI=1S/C24H24N4O3/c25-13-17(24(30)27-19-6-1-2-7-19)12-18-15-28(22-10-4-3-9-21(18)22)16-23(29)26-14-20-8-5-11-31-20/h3-5,8-12,15,19H,1-2,6-7,14,16H2,(H,26,29)(H,27,30). The average Bonchev–Trinajstić information content (AvgIpc) is 3.53. The van der Waals surface area contributed by atoms with Crippen molar-refractivity contribution in [2.75, 3.05) is 0 Å². The maximum Gasteiger partial charge on any atom is 0.262 e. The maximum absolute atomic E-state index is 12.6. The number of furan rings is 1. The van der Waals surface area contributed by atoms with E-state index in [4.69, 9.17) is 4.42 Å². The van der Waals surface area contributed by atoms with Crippen LogP contribution in [0.5, 0.6) is 0 Å². The first-order chi connectivity index (χ1) is 15.1. The Hall–Kier alpha value is -3.79. The van der Waals surface area contributed by atoms with Crippen molar-refractivity contribution in [2.24, 2.45) is 0 Å². The lowest BCUT2D eigenvalue weighted by Gasteiger charge is -2.10. The summed E-state index contributed by atoms with van der Waals surface area (Å²) in [7, 11) is 0. The third kappa shape index (κ3) is 4.86. The number of amides is 2. The first-order valence-electron chi connectivity index (χ1n) is 10.4. The Morgan fingerprint density at radius 3 is 2.74 bits per heavy atom. The Labute approximate surface area is 180 Å². The number of aromatic nitrogens is 1. The minimum absolute atomic E-state index is 0.0667. The Kier molecular flexibility index (Phi) is 6.18. The monoisotopic (exact) mass is 416 g/mol. The van der Waals surface area contributed by atoms with Crippen LogP contribution in [0.25, 0.3) is 17.0 Å². The summed E-state index contributed by atoms with van der Waals surface area (Å²) in [5.41, 5.74) is 1.65. The molecule has 31 heavy (non-hydrogen) atoms. The quantitative estimate of drug-likeness (QED) is 0.455. The van der Waals surface area contributed by atoms with Gasteiger partial charge in [0.2, 0.25) is 5.91 Å². The number of carbonyl (C=O) groups excluding carboxylic acids is 2. The molecular formula is C24H24N4O3. The fourth-order valence-corrected chi connectivity index (χ4v) is 3.97. The van der Waals surface area contributed by atoms with Crippen molar-refractivity contribution in [3.8, 4) is 6.07 Å². The zero-order chi connectivity index (χ0) is 21.6. The minimum atomic E-state index is -0.345. The summed E-state index contributed by atoms with van der Waals surface area (Å²) in [6, 6.07) is 13.4. The van der Waals surface area contributed by atoms with Gasteiger partial charge in [-0.2, -0.15) is 5.26 Å². The summed E-state index contributed by atoms with van der Waals surface area (Å²) in [4.78, 5) is 25.0. The predicted octanol–water partition coefficient (Wildman–Crippen LogP) is 3.52. The molecule has 1 aliphatic rings. The van der Waals surface area contributed by atoms with E-state index in [9.17, 15) is 14.9 Å². The van der Waals surface area contributed by atoms with Gasteiger partial charge in [-0.15, -0.1) is 0 Å². The lowest BCUT2D eigenvalue weighted by atomic mass is 10.1. The average molecular weight is 416 g/mol. The molecule has 0 radical (unpaired) electrons. The molecule has 0 saturated heterocycles. The van der Waals surface area contributed by atoms with E-state index in [1.165, 1.54) is 0 Å². The predicted molar refractivity (Wildman–Crippen MR) is 116 cm³/mol. The highest BCUT2D eigenvalue weighted by molar-refractivity contribution is 6.04. The number of nitrogens with one attached hydrogen (secondary N) is 2. The first-order valence-corrected chi connectivity index (χ1v) is 10.4. The zero-order valence-corrected chi connectivity index (χ0v) is 17.1. The van der Waals surface area contributed by atoms with Gasteiger partial charge in [0.25, 0.3) is 5.91 Å². The van der Waals surface area contributed by atoms with Crippen LogP contribution >= 0.6 is 0 Å². The Morgan fingerprint density at radius 2 is 2.00 bits per heavy atom.